The predicted octanol–water partition coefficient (Wildman–Crippen LogP) is 4.82. The molecule has 0 atom stereocenters. The van der Waals surface area contributed by atoms with E-state index in [1.165, 1.54) is 0 Å². The van der Waals surface area contributed by atoms with Crippen LogP contribution in [-0.2, 0) is 5.41 Å². The molecule has 0 amide bonds. The van der Waals surface area contributed by atoms with E-state index in [-0.39, 0.29) is 5.41 Å². The van der Waals surface area contributed by atoms with Crippen molar-refractivity contribution < 1.29 is 4.74 Å². The zero-order valence-corrected chi connectivity index (χ0v) is 13.8. The Kier molecular flexibility index (Phi) is 4.04. The summed E-state index contributed by atoms with van der Waals surface area (Å²) >= 11 is 3.43. The van der Waals surface area contributed by atoms with E-state index < -0.39 is 0 Å². The van der Waals surface area contributed by atoms with E-state index in [1.807, 2.05) is 13.0 Å². The Morgan fingerprint density at radius 3 is 2.50 bits per heavy atom. The molecule has 0 saturated carbocycles. The number of hydrogen-bond donors (Lipinski definition) is 1. The number of hydrogen-bond acceptors (Lipinski definition) is 3. The zero-order valence-electron chi connectivity index (χ0n) is 12.2. The molecule has 20 heavy (non-hydrogen) atoms. The smallest absolute Gasteiger partial charge is 0.233 e. The van der Waals surface area contributed by atoms with Gasteiger partial charge in [-0.25, -0.2) is 4.98 Å². The summed E-state index contributed by atoms with van der Waals surface area (Å²) in [6.45, 7) is 8.53. The second-order valence-corrected chi connectivity index (χ2v) is 6.76. The molecule has 0 aliphatic rings. The Bertz CT molecular complexity index is 633. The first-order valence-electron chi connectivity index (χ1n) is 6.47. The number of rotatable bonds is 2. The van der Waals surface area contributed by atoms with Gasteiger partial charge in [0.2, 0.25) is 5.88 Å². The summed E-state index contributed by atoms with van der Waals surface area (Å²) in [6.07, 6.45) is 1.59. The van der Waals surface area contributed by atoms with Gasteiger partial charge < -0.3 is 10.5 Å². The third kappa shape index (κ3) is 3.31. The van der Waals surface area contributed by atoms with Gasteiger partial charge >= 0.3 is 0 Å². The van der Waals surface area contributed by atoms with Crippen molar-refractivity contribution in [1.82, 2.24) is 4.98 Å². The number of pyridine rings is 1. The van der Waals surface area contributed by atoms with Crippen LogP contribution in [-0.4, -0.2) is 4.98 Å². The van der Waals surface area contributed by atoms with E-state index in [2.05, 4.69) is 53.8 Å². The van der Waals surface area contributed by atoms with Gasteiger partial charge in [-0.1, -0.05) is 32.9 Å². The standard InChI is InChI=1S/C16H19BrN2O/c1-10-5-6-12(16(2,3)4)14(7-10)20-15-13(17)8-11(18)9-19-15/h5-9H,18H2,1-4H3. The van der Waals surface area contributed by atoms with E-state index in [4.69, 9.17) is 10.5 Å². The Morgan fingerprint density at radius 1 is 1.20 bits per heavy atom. The van der Waals surface area contributed by atoms with Crippen molar-refractivity contribution in [1.29, 1.82) is 0 Å². The van der Waals surface area contributed by atoms with Crippen molar-refractivity contribution >= 4 is 21.6 Å². The Hall–Kier alpha value is -1.55. The molecule has 0 unspecified atom stereocenters. The van der Waals surface area contributed by atoms with Crippen LogP contribution in [0.3, 0.4) is 0 Å². The SMILES string of the molecule is Cc1ccc(C(C)(C)C)c(Oc2ncc(N)cc2Br)c1. The van der Waals surface area contributed by atoms with Crippen LogP contribution < -0.4 is 10.5 Å². The molecule has 106 valence electrons. The van der Waals surface area contributed by atoms with E-state index >= 15 is 0 Å². The molecule has 3 nitrogen and oxygen atoms in total. The molecule has 2 N–H and O–H groups in total. The highest BCUT2D eigenvalue weighted by molar-refractivity contribution is 9.10. The fourth-order valence-corrected chi connectivity index (χ4v) is 2.40. The first-order valence-corrected chi connectivity index (χ1v) is 7.26. The lowest BCUT2D eigenvalue weighted by molar-refractivity contribution is 0.437. The first kappa shape index (κ1) is 14.9. The molecule has 0 spiro atoms. The van der Waals surface area contributed by atoms with Crippen molar-refractivity contribution in [2.24, 2.45) is 0 Å². The van der Waals surface area contributed by atoms with E-state index in [9.17, 15) is 0 Å². The minimum absolute atomic E-state index is 0.00329. The molecule has 0 fully saturated rings. The second-order valence-electron chi connectivity index (χ2n) is 5.91. The van der Waals surface area contributed by atoms with Crippen molar-refractivity contribution in [3.05, 3.63) is 46.1 Å². The number of ether oxygens (including phenoxy) is 1. The molecule has 0 aliphatic heterocycles. The number of aromatic nitrogens is 1. The monoisotopic (exact) mass is 334 g/mol. The number of nitrogens with zero attached hydrogens (tertiary/aromatic N) is 1. The minimum Gasteiger partial charge on any atom is -0.438 e. The number of benzene rings is 1. The fraction of sp³-hybridized carbons (Fsp3) is 0.312. The summed E-state index contributed by atoms with van der Waals surface area (Å²) in [7, 11) is 0. The molecule has 0 saturated heterocycles. The molecule has 2 aromatic rings. The minimum atomic E-state index is 0.00329. The summed E-state index contributed by atoms with van der Waals surface area (Å²) in [5.74, 6) is 1.35. The summed E-state index contributed by atoms with van der Waals surface area (Å²) in [4.78, 5) is 4.23. The van der Waals surface area contributed by atoms with Crippen molar-refractivity contribution in [3.63, 3.8) is 0 Å². The molecule has 0 bridgehead atoms. The topological polar surface area (TPSA) is 48.1 Å². The number of anilines is 1. The van der Waals surface area contributed by atoms with Gasteiger partial charge in [0.1, 0.15) is 5.75 Å². The Morgan fingerprint density at radius 2 is 1.90 bits per heavy atom. The van der Waals surface area contributed by atoms with Crippen molar-refractivity contribution in [2.45, 2.75) is 33.1 Å². The van der Waals surface area contributed by atoms with Crippen LogP contribution in [0, 0.1) is 6.92 Å². The molecular weight excluding hydrogens is 316 g/mol. The predicted molar refractivity (Wildman–Crippen MR) is 86.3 cm³/mol. The van der Waals surface area contributed by atoms with E-state index in [1.54, 1.807) is 12.3 Å². The number of halogens is 1. The lowest BCUT2D eigenvalue weighted by Gasteiger charge is -2.23. The highest BCUT2D eigenvalue weighted by atomic mass is 79.9. The van der Waals surface area contributed by atoms with Crippen LogP contribution in [0.4, 0.5) is 5.69 Å². The van der Waals surface area contributed by atoms with Gasteiger partial charge in [-0.2, -0.15) is 0 Å². The number of nitrogen functional groups attached to an aromatic ring is 1. The Labute approximate surface area is 128 Å². The zero-order chi connectivity index (χ0) is 14.9. The summed E-state index contributed by atoms with van der Waals surface area (Å²) in [6, 6.07) is 8.02. The van der Waals surface area contributed by atoms with Crippen molar-refractivity contribution in [3.8, 4) is 11.6 Å². The van der Waals surface area contributed by atoms with E-state index in [0.717, 1.165) is 21.3 Å². The second kappa shape index (κ2) is 5.44. The summed E-state index contributed by atoms with van der Waals surface area (Å²) in [5, 5.41) is 0. The van der Waals surface area contributed by atoms with Crippen LogP contribution >= 0.6 is 15.9 Å². The van der Waals surface area contributed by atoms with Gasteiger partial charge in [0.25, 0.3) is 0 Å². The van der Waals surface area contributed by atoms with Crippen LogP contribution in [0.15, 0.2) is 34.9 Å². The third-order valence-corrected chi connectivity index (χ3v) is 3.55. The first-order chi connectivity index (χ1) is 9.27. The van der Waals surface area contributed by atoms with E-state index in [0.29, 0.717) is 11.6 Å². The largest absolute Gasteiger partial charge is 0.438 e. The molecule has 1 aromatic carbocycles. The quantitative estimate of drug-likeness (QED) is 0.855. The lowest BCUT2D eigenvalue weighted by Crippen LogP contribution is -2.12. The van der Waals surface area contributed by atoms with Crippen LogP contribution in [0.5, 0.6) is 11.6 Å². The number of nitrogens with two attached hydrogens (primary N) is 1. The van der Waals surface area contributed by atoms with Crippen LogP contribution in [0.25, 0.3) is 0 Å². The summed E-state index contributed by atoms with van der Waals surface area (Å²) in [5.41, 5.74) is 8.60. The maximum Gasteiger partial charge on any atom is 0.233 e. The molecular formula is C16H19BrN2O. The molecule has 4 heteroatoms. The molecule has 1 aromatic heterocycles. The molecule has 0 radical (unpaired) electrons. The normalized spacial score (nSPS) is 11.4. The van der Waals surface area contributed by atoms with Gasteiger partial charge in [0.05, 0.1) is 16.4 Å². The van der Waals surface area contributed by atoms with Gasteiger partial charge in [0, 0.05) is 5.56 Å². The maximum atomic E-state index is 5.99. The molecule has 0 aliphatic carbocycles. The maximum absolute atomic E-state index is 5.99. The third-order valence-electron chi connectivity index (χ3n) is 2.98. The number of aryl methyl sites for hydroxylation is 1. The van der Waals surface area contributed by atoms with Gasteiger partial charge in [-0.05, 0) is 46.0 Å². The highest BCUT2D eigenvalue weighted by Gasteiger charge is 2.20. The average Bonchev–Trinajstić information content (AvgIpc) is 2.31. The fourth-order valence-electron chi connectivity index (χ4n) is 1.95. The molecule has 2 rings (SSSR count). The highest BCUT2D eigenvalue weighted by Crippen LogP contribution is 2.36. The van der Waals surface area contributed by atoms with Gasteiger partial charge in [-0.3, -0.25) is 0 Å². The summed E-state index contributed by atoms with van der Waals surface area (Å²) < 4.78 is 6.74. The molecule has 1 heterocycles. The van der Waals surface area contributed by atoms with Crippen LogP contribution in [0.2, 0.25) is 0 Å². The van der Waals surface area contributed by atoms with Crippen molar-refractivity contribution in [2.75, 3.05) is 5.73 Å². The lowest BCUT2D eigenvalue weighted by atomic mass is 9.86. The average molecular weight is 335 g/mol. The van der Waals surface area contributed by atoms with Gasteiger partial charge in [0.15, 0.2) is 0 Å². The van der Waals surface area contributed by atoms with Gasteiger partial charge in [-0.15, -0.1) is 0 Å². The van der Waals surface area contributed by atoms with Crippen LogP contribution in [0.1, 0.15) is 31.9 Å². The Balaban J connectivity index is 2.45.